The average molecular weight is 500 g/mol. The van der Waals surface area contributed by atoms with Crippen molar-refractivity contribution < 1.29 is 19.1 Å². The molecule has 1 aliphatic rings. The lowest BCUT2D eigenvalue weighted by molar-refractivity contribution is -0.125. The number of ether oxygens (including phenoxy) is 2. The van der Waals surface area contributed by atoms with Gasteiger partial charge in [0.15, 0.2) is 5.65 Å². The van der Waals surface area contributed by atoms with Gasteiger partial charge >= 0.3 is 0 Å². The summed E-state index contributed by atoms with van der Waals surface area (Å²) in [4.78, 5) is 33.3. The lowest BCUT2D eigenvalue weighted by Crippen LogP contribution is -2.47. The molecule has 2 aromatic heterocycles. The molecule has 9 nitrogen and oxygen atoms in total. The number of fused-ring (bicyclic) bond motifs is 1. The smallest absolute Gasteiger partial charge is 0.229 e. The third-order valence-electron chi connectivity index (χ3n) is 6.87. The van der Waals surface area contributed by atoms with Gasteiger partial charge in [-0.15, -0.1) is 0 Å². The number of hydrogen-bond acceptors (Lipinski definition) is 6. The van der Waals surface area contributed by atoms with Crippen LogP contribution in [-0.2, 0) is 16.6 Å². The highest BCUT2D eigenvalue weighted by atomic mass is 16.5. The van der Waals surface area contributed by atoms with Crippen LogP contribution >= 0.6 is 0 Å². The van der Waals surface area contributed by atoms with Crippen LogP contribution in [0.4, 0.5) is 11.4 Å². The number of aromatic nitrogens is 3. The molecule has 0 saturated carbocycles. The summed E-state index contributed by atoms with van der Waals surface area (Å²) in [6, 6.07) is 16.1. The normalized spacial score (nSPS) is 17.6. The molecule has 37 heavy (non-hydrogen) atoms. The van der Waals surface area contributed by atoms with Crippen molar-refractivity contribution in [2.75, 3.05) is 24.4 Å². The predicted molar refractivity (Wildman–Crippen MR) is 141 cm³/mol. The number of anilines is 2. The van der Waals surface area contributed by atoms with Gasteiger partial charge in [0.05, 0.1) is 43.8 Å². The number of amides is 2. The molecule has 1 aliphatic heterocycles. The van der Waals surface area contributed by atoms with E-state index in [-0.39, 0.29) is 18.2 Å². The van der Waals surface area contributed by atoms with Gasteiger partial charge in [0.1, 0.15) is 11.5 Å². The Morgan fingerprint density at radius 2 is 1.84 bits per heavy atom. The molecule has 1 saturated heterocycles. The van der Waals surface area contributed by atoms with Crippen LogP contribution in [0.1, 0.15) is 30.1 Å². The number of carbonyl (C=O) groups excluding carboxylic acids is 2. The van der Waals surface area contributed by atoms with Crippen LogP contribution in [0.5, 0.6) is 11.5 Å². The Morgan fingerprint density at radius 1 is 1.08 bits per heavy atom. The minimum Gasteiger partial charge on any atom is -0.497 e. The van der Waals surface area contributed by atoms with E-state index in [2.05, 4.69) is 15.4 Å². The summed E-state index contributed by atoms with van der Waals surface area (Å²) in [6.07, 6.45) is 2.28. The third-order valence-corrected chi connectivity index (χ3v) is 6.87. The Kier molecular flexibility index (Phi) is 6.52. The van der Waals surface area contributed by atoms with Crippen molar-refractivity contribution in [2.24, 2.45) is 13.0 Å². The van der Waals surface area contributed by atoms with E-state index in [1.165, 1.54) is 0 Å². The monoisotopic (exact) mass is 499 g/mol. The summed E-state index contributed by atoms with van der Waals surface area (Å²) >= 11 is 0. The largest absolute Gasteiger partial charge is 0.497 e. The maximum atomic E-state index is 13.8. The van der Waals surface area contributed by atoms with Crippen LogP contribution in [0.25, 0.3) is 11.0 Å². The molecule has 3 heterocycles. The molecule has 2 amide bonds. The first-order valence-corrected chi connectivity index (χ1v) is 12.1. The second-order valence-corrected chi connectivity index (χ2v) is 9.09. The molecule has 5 rings (SSSR count). The molecule has 0 spiro atoms. The average Bonchev–Trinajstić information content (AvgIpc) is 3.20. The molecule has 0 aliphatic carbocycles. The molecule has 190 valence electrons. The highest BCUT2D eigenvalue weighted by Gasteiger charge is 2.42. The molecule has 1 N–H and O–H groups in total. The van der Waals surface area contributed by atoms with Crippen LogP contribution in [0.15, 0.2) is 60.8 Å². The summed E-state index contributed by atoms with van der Waals surface area (Å²) < 4.78 is 12.7. The molecule has 2 unspecified atom stereocenters. The number of nitrogens with zero attached hydrogens (tertiary/aromatic N) is 4. The second-order valence-electron chi connectivity index (χ2n) is 9.09. The Bertz CT molecular complexity index is 1460. The molecular weight excluding hydrogens is 470 g/mol. The van der Waals surface area contributed by atoms with E-state index in [9.17, 15) is 9.59 Å². The van der Waals surface area contributed by atoms with E-state index in [0.717, 1.165) is 22.3 Å². The Labute approximate surface area is 215 Å². The van der Waals surface area contributed by atoms with E-state index in [4.69, 9.17) is 9.47 Å². The summed E-state index contributed by atoms with van der Waals surface area (Å²) in [6.45, 7) is 1.91. The summed E-state index contributed by atoms with van der Waals surface area (Å²) in [5, 5.41) is 8.33. The fourth-order valence-corrected chi connectivity index (χ4v) is 5.09. The van der Waals surface area contributed by atoms with Crippen LogP contribution in [-0.4, -0.2) is 40.8 Å². The van der Waals surface area contributed by atoms with E-state index < -0.39 is 12.0 Å². The van der Waals surface area contributed by atoms with Crippen molar-refractivity contribution in [1.29, 1.82) is 0 Å². The number of piperidine rings is 1. The zero-order valence-corrected chi connectivity index (χ0v) is 21.3. The lowest BCUT2D eigenvalue weighted by Gasteiger charge is -2.41. The van der Waals surface area contributed by atoms with Crippen molar-refractivity contribution in [3.8, 4) is 11.5 Å². The molecule has 9 heteroatoms. The number of pyridine rings is 1. The highest BCUT2D eigenvalue weighted by Crippen LogP contribution is 2.43. The van der Waals surface area contributed by atoms with Crippen molar-refractivity contribution in [3.05, 3.63) is 72.1 Å². The first-order chi connectivity index (χ1) is 17.9. The first kappa shape index (κ1) is 24.3. The molecule has 4 aromatic rings. The summed E-state index contributed by atoms with van der Waals surface area (Å²) in [5.41, 5.74) is 3.62. The maximum Gasteiger partial charge on any atom is 0.229 e. The fraction of sp³-hybridized carbons (Fsp3) is 0.286. The lowest BCUT2D eigenvalue weighted by atomic mass is 9.82. The van der Waals surface area contributed by atoms with E-state index in [1.54, 1.807) is 30.0 Å². The van der Waals surface area contributed by atoms with Crippen LogP contribution < -0.4 is 19.7 Å². The number of hydrogen-bond donors (Lipinski definition) is 1. The number of rotatable bonds is 6. The van der Waals surface area contributed by atoms with E-state index in [0.29, 0.717) is 29.3 Å². The number of methoxy groups -OCH3 is 2. The Balaban J connectivity index is 1.54. The van der Waals surface area contributed by atoms with Gasteiger partial charge in [-0.1, -0.05) is 18.2 Å². The fourth-order valence-electron chi connectivity index (χ4n) is 5.09. The minimum atomic E-state index is -0.567. The van der Waals surface area contributed by atoms with Crippen molar-refractivity contribution >= 4 is 34.2 Å². The van der Waals surface area contributed by atoms with Crippen molar-refractivity contribution in [2.45, 2.75) is 25.8 Å². The maximum absolute atomic E-state index is 13.8. The zero-order chi connectivity index (χ0) is 26.1. The highest BCUT2D eigenvalue weighted by molar-refractivity contribution is 6.01. The van der Waals surface area contributed by atoms with E-state index >= 15 is 0 Å². The van der Waals surface area contributed by atoms with Crippen molar-refractivity contribution in [1.82, 2.24) is 14.8 Å². The minimum absolute atomic E-state index is 0.0563. The van der Waals surface area contributed by atoms with Gasteiger partial charge in [0, 0.05) is 30.1 Å². The van der Waals surface area contributed by atoms with Gasteiger partial charge in [-0.05, 0) is 49.7 Å². The summed E-state index contributed by atoms with van der Waals surface area (Å²) in [5.74, 6) is 0.531. The quantitative estimate of drug-likeness (QED) is 0.422. The predicted octanol–water partition coefficient (Wildman–Crippen LogP) is 4.42. The second kappa shape index (κ2) is 9.93. The number of nitrogens with one attached hydrogen (secondary N) is 1. The molecule has 2 aromatic carbocycles. The Hall–Kier alpha value is -4.40. The first-order valence-electron chi connectivity index (χ1n) is 12.1. The zero-order valence-electron chi connectivity index (χ0n) is 21.3. The van der Waals surface area contributed by atoms with Gasteiger partial charge in [-0.25, -0.2) is 4.98 Å². The standard InChI is InChI=1S/C28H29N5O4/c1-17-23-15-18(16-29-27(23)32(2)31-17)30-28(35)22-13-14-25(34)33(19-9-11-20(36-3)12-10-19)26(22)21-7-5-6-8-24(21)37-4/h5-12,15-16,22,26H,13-14H2,1-4H3,(H,30,35). The van der Waals surface area contributed by atoms with Gasteiger partial charge in [-0.3, -0.25) is 14.3 Å². The number of para-hydroxylation sites is 1. The third kappa shape index (κ3) is 4.48. The van der Waals surface area contributed by atoms with Crippen LogP contribution in [0.2, 0.25) is 0 Å². The SMILES string of the molecule is COc1ccc(N2C(=O)CCC(C(=O)Nc3cnc4c(c3)c(C)nn4C)C2c2ccccc2OC)cc1. The summed E-state index contributed by atoms with van der Waals surface area (Å²) in [7, 11) is 5.02. The van der Waals surface area contributed by atoms with Gasteiger partial charge in [-0.2, -0.15) is 5.10 Å². The molecular formula is C28H29N5O4. The van der Waals surface area contributed by atoms with E-state index in [1.807, 2.05) is 68.6 Å². The number of carbonyl (C=O) groups is 2. The molecule has 2 atom stereocenters. The molecule has 0 radical (unpaired) electrons. The number of aryl methyl sites for hydroxylation is 2. The number of benzene rings is 2. The molecule has 1 fully saturated rings. The van der Waals surface area contributed by atoms with Crippen LogP contribution in [0, 0.1) is 12.8 Å². The van der Waals surface area contributed by atoms with Gasteiger partial charge < -0.3 is 19.7 Å². The topological polar surface area (TPSA) is 98.6 Å². The Morgan fingerprint density at radius 3 is 2.57 bits per heavy atom. The van der Waals surface area contributed by atoms with Crippen molar-refractivity contribution in [3.63, 3.8) is 0 Å². The molecule has 0 bridgehead atoms. The van der Waals surface area contributed by atoms with Gasteiger partial charge in [0.25, 0.3) is 0 Å². The van der Waals surface area contributed by atoms with Gasteiger partial charge in [0.2, 0.25) is 11.8 Å². The van der Waals surface area contributed by atoms with Crippen LogP contribution in [0.3, 0.4) is 0 Å².